The van der Waals surface area contributed by atoms with Crippen molar-refractivity contribution in [2.75, 3.05) is 0 Å². The van der Waals surface area contributed by atoms with Crippen LogP contribution in [-0.4, -0.2) is 15.3 Å². The number of nitrogens with zero attached hydrogens (tertiary/aromatic N) is 2. The molecule has 1 aromatic heterocycles. The second-order valence-electron chi connectivity index (χ2n) is 3.23. The quantitative estimate of drug-likeness (QED) is 0.728. The van der Waals surface area contributed by atoms with Crippen LogP contribution in [0.25, 0.3) is 0 Å². The number of aromatic nitrogens is 2. The van der Waals surface area contributed by atoms with E-state index in [0.29, 0.717) is 16.3 Å². The van der Waals surface area contributed by atoms with Crippen LogP contribution in [0.1, 0.15) is 16.1 Å². The number of hydrogen-bond donors (Lipinski definition) is 0. The third-order valence-corrected chi connectivity index (χ3v) is 2.39. The normalized spacial score (nSPS) is 10.3. The van der Waals surface area contributed by atoms with E-state index in [1.54, 1.807) is 41.4 Å². The first kappa shape index (κ1) is 9.93. The second kappa shape index (κ2) is 3.87. The molecule has 0 fully saturated rings. The number of hydrogen-bond acceptors (Lipinski definition) is 2. The van der Waals surface area contributed by atoms with E-state index in [2.05, 4.69) is 4.98 Å². The van der Waals surface area contributed by atoms with Crippen LogP contribution in [0.3, 0.4) is 0 Å². The van der Waals surface area contributed by atoms with Crippen molar-refractivity contribution in [3.8, 4) is 0 Å². The van der Waals surface area contributed by atoms with E-state index < -0.39 is 0 Å². The summed E-state index contributed by atoms with van der Waals surface area (Å²) in [4.78, 5) is 15.9. The van der Waals surface area contributed by atoms with Gasteiger partial charge in [0, 0.05) is 18.8 Å². The number of carbonyl (C=O) groups is 1. The standard InChI is InChI=1S/C11H9ClN2O/c1-14-6-10(13-7-14)11(15)8-4-2-3-5-9(8)12/h2-7H,1H3. The summed E-state index contributed by atoms with van der Waals surface area (Å²) in [5, 5.41) is 0.452. The predicted molar refractivity (Wildman–Crippen MR) is 58.1 cm³/mol. The van der Waals surface area contributed by atoms with Gasteiger partial charge in [0.05, 0.1) is 11.3 Å². The Balaban J connectivity index is 2.41. The minimum Gasteiger partial charge on any atom is -0.340 e. The number of rotatable bonds is 2. The lowest BCUT2D eigenvalue weighted by Gasteiger charge is -1.99. The molecule has 0 saturated carbocycles. The van der Waals surface area contributed by atoms with Crippen LogP contribution in [0.15, 0.2) is 36.8 Å². The summed E-state index contributed by atoms with van der Waals surface area (Å²) >= 11 is 5.92. The predicted octanol–water partition coefficient (Wildman–Crippen LogP) is 2.30. The second-order valence-corrected chi connectivity index (χ2v) is 3.64. The van der Waals surface area contributed by atoms with Gasteiger partial charge in [0.25, 0.3) is 0 Å². The van der Waals surface area contributed by atoms with Gasteiger partial charge in [0.15, 0.2) is 0 Å². The number of benzene rings is 1. The van der Waals surface area contributed by atoms with E-state index in [4.69, 9.17) is 11.6 Å². The average Bonchev–Trinajstić information content (AvgIpc) is 2.65. The van der Waals surface area contributed by atoms with Crippen LogP contribution in [0, 0.1) is 0 Å². The molecular formula is C11H9ClN2O. The average molecular weight is 221 g/mol. The molecule has 0 unspecified atom stereocenters. The van der Waals surface area contributed by atoms with Crippen molar-refractivity contribution >= 4 is 17.4 Å². The molecule has 0 atom stereocenters. The lowest BCUT2D eigenvalue weighted by atomic mass is 10.1. The van der Waals surface area contributed by atoms with Gasteiger partial charge in [0.1, 0.15) is 5.69 Å². The minimum absolute atomic E-state index is 0.152. The van der Waals surface area contributed by atoms with Crippen LogP contribution in [-0.2, 0) is 7.05 Å². The first-order chi connectivity index (χ1) is 7.18. The largest absolute Gasteiger partial charge is 0.340 e. The maximum Gasteiger partial charge on any atom is 0.214 e. The van der Waals surface area contributed by atoms with Crippen molar-refractivity contribution in [1.82, 2.24) is 9.55 Å². The Hall–Kier alpha value is -1.61. The molecule has 2 rings (SSSR count). The Kier molecular flexibility index (Phi) is 2.56. The van der Waals surface area contributed by atoms with Crippen LogP contribution >= 0.6 is 11.6 Å². The van der Waals surface area contributed by atoms with Crippen LogP contribution < -0.4 is 0 Å². The Morgan fingerprint density at radius 3 is 2.73 bits per heavy atom. The fraction of sp³-hybridized carbons (Fsp3) is 0.0909. The zero-order valence-electron chi connectivity index (χ0n) is 8.14. The highest BCUT2D eigenvalue weighted by molar-refractivity contribution is 6.34. The van der Waals surface area contributed by atoms with Gasteiger partial charge >= 0.3 is 0 Å². The van der Waals surface area contributed by atoms with Crippen LogP contribution in [0.4, 0.5) is 0 Å². The number of carbonyl (C=O) groups excluding carboxylic acids is 1. The van der Waals surface area contributed by atoms with E-state index in [1.807, 2.05) is 7.05 Å². The van der Waals surface area contributed by atoms with Crippen LogP contribution in [0.5, 0.6) is 0 Å². The van der Waals surface area contributed by atoms with Crippen molar-refractivity contribution in [2.24, 2.45) is 7.05 Å². The molecule has 2 aromatic rings. The van der Waals surface area contributed by atoms with Crippen molar-refractivity contribution in [2.45, 2.75) is 0 Å². The first-order valence-electron chi connectivity index (χ1n) is 4.45. The number of ketones is 1. The third-order valence-electron chi connectivity index (χ3n) is 2.06. The molecule has 0 amide bonds. The Morgan fingerprint density at radius 2 is 2.13 bits per heavy atom. The smallest absolute Gasteiger partial charge is 0.214 e. The van der Waals surface area contributed by atoms with Gasteiger partial charge in [-0.3, -0.25) is 4.79 Å². The van der Waals surface area contributed by atoms with Gasteiger partial charge in [-0.05, 0) is 12.1 Å². The highest BCUT2D eigenvalue weighted by atomic mass is 35.5. The van der Waals surface area contributed by atoms with E-state index >= 15 is 0 Å². The fourth-order valence-corrected chi connectivity index (χ4v) is 1.53. The zero-order valence-corrected chi connectivity index (χ0v) is 8.90. The molecule has 1 heterocycles. The summed E-state index contributed by atoms with van der Waals surface area (Å²) in [6.45, 7) is 0. The molecule has 4 heteroatoms. The summed E-state index contributed by atoms with van der Waals surface area (Å²) in [7, 11) is 1.82. The molecule has 3 nitrogen and oxygen atoms in total. The Bertz CT molecular complexity index is 505. The van der Waals surface area contributed by atoms with Gasteiger partial charge in [-0.15, -0.1) is 0 Å². The minimum atomic E-state index is -0.152. The van der Waals surface area contributed by atoms with Crippen molar-refractivity contribution < 1.29 is 4.79 Å². The third kappa shape index (κ3) is 1.92. The van der Waals surface area contributed by atoms with Gasteiger partial charge in [-0.1, -0.05) is 23.7 Å². The number of imidazole rings is 1. The number of halogens is 1. The van der Waals surface area contributed by atoms with E-state index in [1.165, 1.54) is 0 Å². The summed E-state index contributed by atoms with van der Waals surface area (Å²) in [5.74, 6) is -0.152. The fourth-order valence-electron chi connectivity index (χ4n) is 1.31. The summed E-state index contributed by atoms with van der Waals surface area (Å²) in [6.07, 6.45) is 3.26. The molecule has 15 heavy (non-hydrogen) atoms. The topological polar surface area (TPSA) is 34.9 Å². The van der Waals surface area contributed by atoms with Crippen LogP contribution in [0.2, 0.25) is 5.02 Å². The molecule has 76 valence electrons. The lowest BCUT2D eigenvalue weighted by Crippen LogP contribution is -2.02. The molecule has 0 aliphatic rings. The molecule has 1 aromatic carbocycles. The Labute approximate surface area is 92.3 Å². The highest BCUT2D eigenvalue weighted by Gasteiger charge is 2.14. The Morgan fingerprint density at radius 1 is 1.40 bits per heavy atom. The monoisotopic (exact) mass is 220 g/mol. The van der Waals surface area contributed by atoms with Gasteiger partial charge in [-0.2, -0.15) is 0 Å². The maximum absolute atomic E-state index is 11.9. The summed E-state index contributed by atoms with van der Waals surface area (Å²) < 4.78 is 1.73. The van der Waals surface area contributed by atoms with E-state index in [-0.39, 0.29) is 5.78 Å². The van der Waals surface area contributed by atoms with Gasteiger partial charge in [-0.25, -0.2) is 4.98 Å². The first-order valence-corrected chi connectivity index (χ1v) is 4.83. The molecule has 0 saturated heterocycles. The highest BCUT2D eigenvalue weighted by Crippen LogP contribution is 2.17. The molecule has 0 aliphatic heterocycles. The molecular weight excluding hydrogens is 212 g/mol. The van der Waals surface area contributed by atoms with Crippen molar-refractivity contribution in [1.29, 1.82) is 0 Å². The molecule has 0 bridgehead atoms. The van der Waals surface area contributed by atoms with Crippen molar-refractivity contribution in [3.63, 3.8) is 0 Å². The van der Waals surface area contributed by atoms with Crippen molar-refractivity contribution in [3.05, 3.63) is 53.1 Å². The maximum atomic E-state index is 11.9. The molecule has 0 radical (unpaired) electrons. The van der Waals surface area contributed by atoms with Gasteiger partial charge in [0.2, 0.25) is 5.78 Å². The van der Waals surface area contributed by atoms with Gasteiger partial charge < -0.3 is 4.57 Å². The van der Waals surface area contributed by atoms with E-state index in [0.717, 1.165) is 0 Å². The lowest BCUT2D eigenvalue weighted by molar-refractivity contribution is 0.103. The SMILES string of the molecule is Cn1cnc(C(=O)c2ccccc2Cl)c1. The molecule has 0 aliphatic carbocycles. The summed E-state index contributed by atoms with van der Waals surface area (Å²) in [6, 6.07) is 6.96. The van der Waals surface area contributed by atoms with E-state index in [9.17, 15) is 4.79 Å². The zero-order chi connectivity index (χ0) is 10.8. The molecule has 0 spiro atoms. The molecule has 0 N–H and O–H groups in total. The number of aryl methyl sites for hydroxylation is 1. The summed E-state index contributed by atoms with van der Waals surface area (Å²) in [5.41, 5.74) is 0.892.